The molecule has 2 aromatic heterocycles. The summed E-state index contributed by atoms with van der Waals surface area (Å²) in [6, 6.07) is 12.8. The third-order valence-electron chi connectivity index (χ3n) is 4.58. The zero-order chi connectivity index (χ0) is 20.6. The quantitative estimate of drug-likeness (QED) is 0.549. The summed E-state index contributed by atoms with van der Waals surface area (Å²) in [4.78, 5) is 23.1. The van der Waals surface area contributed by atoms with Gasteiger partial charge in [-0.25, -0.2) is 0 Å². The van der Waals surface area contributed by atoms with E-state index in [1.807, 2.05) is 42.5 Å². The molecule has 3 rings (SSSR count). The van der Waals surface area contributed by atoms with Crippen LogP contribution >= 0.6 is 0 Å². The van der Waals surface area contributed by atoms with E-state index < -0.39 is 0 Å². The lowest BCUT2D eigenvalue weighted by Gasteiger charge is -2.27. The fourth-order valence-electron chi connectivity index (χ4n) is 2.99. The van der Waals surface area contributed by atoms with Crippen molar-refractivity contribution in [3.63, 3.8) is 0 Å². The van der Waals surface area contributed by atoms with E-state index in [0.717, 1.165) is 11.3 Å². The lowest BCUT2D eigenvalue weighted by atomic mass is 10.1. The van der Waals surface area contributed by atoms with Crippen LogP contribution in [-0.2, 0) is 16.0 Å². The van der Waals surface area contributed by atoms with Crippen LogP contribution in [0.3, 0.4) is 0 Å². The van der Waals surface area contributed by atoms with Gasteiger partial charge in [-0.1, -0.05) is 23.4 Å². The highest BCUT2D eigenvalue weighted by Crippen LogP contribution is 2.27. The average Bonchev–Trinajstić information content (AvgIpc) is 3.24. The molecule has 0 saturated heterocycles. The number of rotatable bonds is 9. The maximum absolute atomic E-state index is 12.7. The van der Waals surface area contributed by atoms with Crippen LogP contribution in [0.5, 0.6) is 5.75 Å². The number of benzene rings is 1. The zero-order valence-corrected chi connectivity index (χ0v) is 16.7. The molecule has 0 N–H and O–H groups in total. The molecule has 0 aliphatic heterocycles. The van der Waals surface area contributed by atoms with Crippen molar-refractivity contribution >= 4 is 5.91 Å². The van der Waals surface area contributed by atoms with Crippen molar-refractivity contribution in [2.45, 2.75) is 18.9 Å². The average molecular weight is 396 g/mol. The van der Waals surface area contributed by atoms with E-state index in [-0.39, 0.29) is 18.4 Å². The highest BCUT2D eigenvalue weighted by atomic mass is 16.5. The Bertz CT molecular complexity index is 929. The Morgan fingerprint density at radius 3 is 2.69 bits per heavy atom. The molecule has 8 nitrogen and oxygen atoms in total. The Morgan fingerprint density at radius 1 is 1.17 bits per heavy atom. The minimum absolute atomic E-state index is 0.0604. The highest BCUT2D eigenvalue weighted by molar-refractivity contribution is 5.76. The van der Waals surface area contributed by atoms with Crippen LogP contribution in [0.4, 0.5) is 0 Å². The molecule has 1 amide bonds. The maximum atomic E-state index is 12.7. The number of pyridine rings is 1. The maximum Gasteiger partial charge on any atom is 0.227 e. The Kier molecular flexibility index (Phi) is 6.91. The SMILES string of the molecule is COC[C@@H](c1ccccn1)N(C)C(=O)CCc1nc(-c2ccccc2OC)no1. The summed E-state index contributed by atoms with van der Waals surface area (Å²) in [5.41, 5.74) is 1.52. The molecule has 152 valence electrons. The molecule has 1 aromatic carbocycles. The second-order valence-electron chi connectivity index (χ2n) is 6.44. The standard InChI is InChI=1S/C21H24N4O4/c1-25(17(14-27-2)16-9-6-7-13-22-16)20(26)12-11-19-23-21(24-29-19)15-8-4-5-10-18(15)28-3/h4-10,13,17H,11-12,14H2,1-3H3/t17-/m0/s1. The van der Waals surface area contributed by atoms with Crippen molar-refractivity contribution < 1.29 is 18.8 Å². The lowest BCUT2D eigenvalue weighted by molar-refractivity contribution is -0.133. The Morgan fingerprint density at radius 2 is 1.97 bits per heavy atom. The van der Waals surface area contributed by atoms with Crippen LogP contribution in [0.15, 0.2) is 53.2 Å². The first-order valence-corrected chi connectivity index (χ1v) is 9.25. The van der Waals surface area contributed by atoms with Gasteiger partial charge in [0.25, 0.3) is 0 Å². The molecule has 3 aromatic rings. The number of aryl methyl sites for hydroxylation is 1. The summed E-state index contributed by atoms with van der Waals surface area (Å²) >= 11 is 0. The van der Waals surface area contributed by atoms with Gasteiger partial charge in [-0.05, 0) is 24.3 Å². The van der Waals surface area contributed by atoms with Gasteiger partial charge >= 0.3 is 0 Å². The summed E-state index contributed by atoms with van der Waals surface area (Å²) in [5, 5.41) is 4.01. The number of nitrogens with zero attached hydrogens (tertiary/aromatic N) is 4. The number of carbonyl (C=O) groups is 1. The van der Waals surface area contributed by atoms with Crippen LogP contribution in [0.1, 0.15) is 24.0 Å². The zero-order valence-electron chi connectivity index (χ0n) is 16.7. The van der Waals surface area contributed by atoms with Crippen molar-refractivity contribution in [3.05, 3.63) is 60.2 Å². The molecule has 0 saturated carbocycles. The number of likely N-dealkylation sites (N-methyl/N-ethyl adjacent to an activating group) is 1. The number of ether oxygens (including phenoxy) is 2. The molecule has 0 aliphatic carbocycles. The van der Waals surface area contributed by atoms with Crippen LogP contribution < -0.4 is 4.74 Å². The van der Waals surface area contributed by atoms with Crippen molar-refractivity contribution in [3.8, 4) is 17.1 Å². The summed E-state index contributed by atoms with van der Waals surface area (Å²) in [6.45, 7) is 0.359. The Labute approximate surface area is 169 Å². The molecule has 29 heavy (non-hydrogen) atoms. The van der Waals surface area contributed by atoms with Gasteiger partial charge < -0.3 is 18.9 Å². The minimum Gasteiger partial charge on any atom is -0.496 e. The summed E-state index contributed by atoms with van der Waals surface area (Å²) in [7, 11) is 4.94. The third kappa shape index (κ3) is 4.97. The first-order valence-electron chi connectivity index (χ1n) is 9.25. The minimum atomic E-state index is -0.263. The molecule has 0 fully saturated rings. The lowest BCUT2D eigenvalue weighted by Crippen LogP contribution is -2.34. The predicted octanol–water partition coefficient (Wildman–Crippen LogP) is 2.92. The number of amides is 1. The number of hydrogen-bond acceptors (Lipinski definition) is 7. The second kappa shape index (κ2) is 9.79. The van der Waals surface area contributed by atoms with E-state index >= 15 is 0 Å². The number of carbonyl (C=O) groups excluding carboxylic acids is 1. The number of methoxy groups -OCH3 is 2. The first-order chi connectivity index (χ1) is 14.1. The number of aromatic nitrogens is 3. The van der Waals surface area contributed by atoms with Crippen LogP contribution in [-0.4, -0.2) is 53.8 Å². The predicted molar refractivity (Wildman–Crippen MR) is 106 cm³/mol. The fraction of sp³-hybridized carbons (Fsp3) is 0.333. The van der Waals surface area contributed by atoms with Crippen molar-refractivity contribution in [2.24, 2.45) is 0 Å². The van der Waals surface area contributed by atoms with Crippen LogP contribution in [0.2, 0.25) is 0 Å². The van der Waals surface area contributed by atoms with E-state index in [4.69, 9.17) is 14.0 Å². The van der Waals surface area contributed by atoms with E-state index in [0.29, 0.717) is 30.5 Å². The van der Waals surface area contributed by atoms with Crippen LogP contribution in [0, 0.1) is 0 Å². The van der Waals surface area contributed by atoms with Crippen LogP contribution in [0.25, 0.3) is 11.4 Å². The van der Waals surface area contributed by atoms with Gasteiger partial charge in [-0.15, -0.1) is 0 Å². The van der Waals surface area contributed by atoms with Crippen molar-refractivity contribution in [1.29, 1.82) is 0 Å². The summed E-state index contributed by atoms with van der Waals surface area (Å²) < 4.78 is 15.9. The Balaban J connectivity index is 1.65. The van der Waals surface area contributed by atoms with Crippen molar-refractivity contribution in [2.75, 3.05) is 27.9 Å². The van der Waals surface area contributed by atoms with E-state index in [2.05, 4.69) is 15.1 Å². The van der Waals surface area contributed by atoms with Gasteiger partial charge in [0.1, 0.15) is 5.75 Å². The van der Waals surface area contributed by atoms with Gasteiger partial charge in [0, 0.05) is 33.2 Å². The van der Waals surface area contributed by atoms with Gasteiger partial charge in [0.15, 0.2) is 0 Å². The second-order valence-corrected chi connectivity index (χ2v) is 6.44. The summed E-state index contributed by atoms with van der Waals surface area (Å²) in [5.74, 6) is 1.43. The van der Waals surface area contributed by atoms with Gasteiger partial charge in [0.2, 0.25) is 17.6 Å². The molecule has 2 heterocycles. The number of para-hydroxylation sites is 1. The van der Waals surface area contributed by atoms with E-state index in [1.165, 1.54) is 0 Å². The molecule has 8 heteroatoms. The Hall–Kier alpha value is -3.26. The topological polar surface area (TPSA) is 90.6 Å². The monoisotopic (exact) mass is 396 g/mol. The van der Waals surface area contributed by atoms with Gasteiger partial charge in [-0.2, -0.15) is 4.98 Å². The fourth-order valence-corrected chi connectivity index (χ4v) is 2.99. The number of hydrogen-bond donors (Lipinski definition) is 0. The normalized spacial score (nSPS) is 11.8. The van der Waals surface area contributed by atoms with Gasteiger partial charge in [0.05, 0.1) is 31.0 Å². The molecular weight excluding hydrogens is 372 g/mol. The smallest absolute Gasteiger partial charge is 0.227 e. The molecule has 1 atom stereocenters. The molecule has 0 unspecified atom stereocenters. The van der Waals surface area contributed by atoms with E-state index in [1.54, 1.807) is 32.4 Å². The summed E-state index contributed by atoms with van der Waals surface area (Å²) in [6.07, 6.45) is 2.28. The molecule has 0 bridgehead atoms. The van der Waals surface area contributed by atoms with E-state index in [9.17, 15) is 4.79 Å². The first kappa shape index (κ1) is 20.5. The molecule has 0 radical (unpaired) electrons. The van der Waals surface area contributed by atoms with Gasteiger partial charge in [-0.3, -0.25) is 9.78 Å². The molecule has 0 aliphatic rings. The van der Waals surface area contributed by atoms with Crippen molar-refractivity contribution in [1.82, 2.24) is 20.0 Å². The largest absolute Gasteiger partial charge is 0.496 e. The molecular formula is C21H24N4O4. The molecule has 0 spiro atoms. The third-order valence-corrected chi connectivity index (χ3v) is 4.58. The highest BCUT2D eigenvalue weighted by Gasteiger charge is 2.23.